The third-order valence-corrected chi connectivity index (χ3v) is 7.65. The highest BCUT2D eigenvalue weighted by atomic mass is 35.5. The van der Waals surface area contributed by atoms with Gasteiger partial charge in [0.25, 0.3) is 5.91 Å². The van der Waals surface area contributed by atoms with Gasteiger partial charge in [0.1, 0.15) is 5.75 Å². The number of amides is 1. The van der Waals surface area contributed by atoms with Gasteiger partial charge in [-0.05, 0) is 62.6 Å². The van der Waals surface area contributed by atoms with E-state index in [2.05, 4.69) is 5.32 Å². The minimum absolute atomic E-state index is 0.0951. The summed E-state index contributed by atoms with van der Waals surface area (Å²) in [5, 5.41) is 3.11. The van der Waals surface area contributed by atoms with Gasteiger partial charge < -0.3 is 10.1 Å². The molecule has 8 heteroatoms. The molecule has 0 radical (unpaired) electrons. The highest BCUT2D eigenvalue weighted by Gasteiger charge is 2.27. The molecule has 1 fully saturated rings. The second kappa shape index (κ2) is 10.5. The van der Waals surface area contributed by atoms with Crippen molar-refractivity contribution in [3.8, 4) is 5.75 Å². The van der Waals surface area contributed by atoms with E-state index in [0.29, 0.717) is 19.7 Å². The minimum atomic E-state index is -3.67. The lowest BCUT2D eigenvalue weighted by Crippen LogP contribution is -2.32. The van der Waals surface area contributed by atoms with E-state index in [9.17, 15) is 13.2 Å². The van der Waals surface area contributed by atoms with Gasteiger partial charge in [0.15, 0.2) is 0 Å². The van der Waals surface area contributed by atoms with Gasteiger partial charge in [0, 0.05) is 13.1 Å². The maximum absolute atomic E-state index is 13.1. The summed E-state index contributed by atoms with van der Waals surface area (Å²) >= 11 is 6.25. The molecule has 1 N–H and O–H groups in total. The molecular weight excluding hydrogens is 436 g/mol. The number of nitrogens with one attached hydrogen (secondary N) is 1. The monoisotopic (exact) mass is 464 g/mol. The first-order valence-corrected chi connectivity index (χ1v) is 12.5. The molecule has 2 aromatic rings. The predicted molar refractivity (Wildman–Crippen MR) is 122 cm³/mol. The lowest BCUT2D eigenvalue weighted by molar-refractivity contribution is 0.0940. The standard InChI is InChI=1S/C23H29ClN2O4S/c1-3-30-19-10-8-18(9-11-19)17(2)25-23(27)21-16-20(12-13-22(21)24)31(28,29)26-14-6-4-5-7-15-26/h8-13,16-17H,3-7,14-15H2,1-2H3,(H,25,27)/t17-/m1/s1. The number of rotatable bonds is 7. The highest BCUT2D eigenvalue weighted by molar-refractivity contribution is 7.89. The van der Waals surface area contributed by atoms with Gasteiger partial charge in [-0.15, -0.1) is 0 Å². The molecule has 0 unspecified atom stereocenters. The van der Waals surface area contributed by atoms with Crippen molar-refractivity contribution in [2.45, 2.75) is 50.5 Å². The SMILES string of the molecule is CCOc1ccc([C@@H](C)NC(=O)c2cc(S(=O)(=O)N3CCCCCC3)ccc2Cl)cc1. The quantitative estimate of drug-likeness (QED) is 0.638. The Morgan fingerprint density at radius 1 is 1.10 bits per heavy atom. The molecule has 1 heterocycles. The molecule has 1 amide bonds. The van der Waals surface area contributed by atoms with Gasteiger partial charge in [0.2, 0.25) is 10.0 Å². The Labute approximate surface area is 189 Å². The summed E-state index contributed by atoms with van der Waals surface area (Å²) in [6.07, 6.45) is 3.76. The van der Waals surface area contributed by atoms with E-state index in [0.717, 1.165) is 37.0 Å². The van der Waals surface area contributed by atoms with Crippen LogP contribution in [0.2, 0.25) is 5.02 Å². The third kappa shape index (κ3) is 5.79. The van der Waals surface area contributed by atoms with E-state index >= 15 is 0 Å². The Morgan fingerprint density at radius 2 is 1.74 bits per heavy atom. The number of hydrogen-bond acceptors (Lipinski definition) is 4. The van der Waals surface area contributed by atoms with Crippen molar-refractivity contribution in [1.29, 1.82) is 0 Å². The Balaban J connectivity index is 1.78. The average molecular weight is 465 g/mol. The summed E-state index contributed by atoms with van der Waals surface area (Å²) in [4.78, 5) is 13.0. The number of carbonyl (C=O) groups is 1. The second-order valence-corrected chi connectivity index (χ2v) is 10.0. The summed E-state index contributed by atoms with van der Waals surface area (Å²) in [6, 6.07) is 11.5. The summed E-state index contributed by atoms with van der Waals surface area (Å²) in [6.45, 7) is 5.37. The second-order valence-electron chi connectivity index (χ2n) is 7.66. The van der Waals surface area contributed by atoms with Gasteiger partial charge in [-0.1, -0.05) is 36.6 Å². The molecule has 0 bridgehead atoms. The van der Waals surface area contributed by atoms with Gasteiger partial charge in [-0.2, -0.15) is 4.31 Å². The van der Waals surface area contributed by atoms with Crippen LogP contribution in [0.4, 0.5) is 0 Å². The van der Waals surface area contributed by atoms with E-state index in [1.807, 2.05) is 38.1 Å². The average Bonchev–Trinajstić information content (AvgIpc) is 3.05. The molecule has 31 heavy (non-hydrogen) atoms. The maximum Gasteiger partial charge on any atom is 0.253 e. The summed E-state index contributed by atoms with van der Waals surface area (Å²) < 4.78 is 33.1. The number of benzene rings is 2. The van der Waals surface area contributed by atoms with E-state index in [-0.39, 0.29) is 21.5 Å². The van der Waals surface area contributed by atoms with Crippen molar-refractivity contribution >= 4 is 27.5 Å². The molecule has 0 aliphatic carbocycles. The van der Waals surface area contributed by atoms with Crippen molar-refractivity contribution in [2.75, 3.05) is 19.7 Å². The van der Waals surface area contributed by atoms with Crippen molar-refractivity contribution in [3.05, 3.63) is 58.6 Å². The molecule has 1 aliphatic rings. The largest absolute Gasteiger partial charge is 0.494 e. The number of nitrogens with zero attached hydrogens (tertiary/aromatic N) is 1. The van der Waals surface area contributed by atoms with Gasteiger partial charge in [0.05, 0.1) is 28.1 Å². The Bertz CT molecular complexity index is 1000. The molecule has 1 atom stereocenters. The minimum Gasteiger partial charge on any atom is -0.494 e. The molecule has 6 nitrogen and oxygen atoms in total. The lowest BCUT2D eigenvalue weighted by Gasteiger charge is -2.21. The highest BCUT2D eigenvalue weighted by Crippen LogP contribution is 2.26. The first kappa shape index (κ1) is 23.6. The number of carbonyl (C=O) groups excluding carboxylic acids is 1. The van der Waals surface area contributed by atoms with Crippen LogP contribution in [0, 0.1) is 0 Å². The zero-order chi connectivity index (χ0) is 22.4. The van der Waals surface area contributed by atoms with Crippen LogP contribution in [0.15, 0.2) is 47.4 Å². The lowest BCUT2D eigenvalue weighted by atomic mass is 10.1. The van der Waals surface area contributed by atoms with E-state index in [1.54, 1.807) is 0 Å². The number of sulfonamides is 1. The van der Waals surface area contributed by atoms with E-state index in [1.165, 1.54) is 22.5 Å². The Kier molecular flexibility index (Phi) is 7.97. The fourth-order valence-corrected chi connectivity index (χ4v) is 5.39. The molecule has 168 valence electrons. The van der Waals surface area contributed by atoms with Crippen LogP contribution >= 0.6 is 11.6 Å². The summed E-state index contributed by atoms with van der Waals surface area (Å²) in [5.74, 6) is 0.346. The molecule has 1 saturated heterocycles. The van der Waals surface area contributed by atoms with Gasteiger partial charge in [-0.3, -0.25) is 4.79 Å². The van der Waals surface area contributed by atoms with E-state index < -0.39 is 15.9 Å². The molecule has 2 aromatic carbocycles. The summed E-state index contributed by atoms with van der Waals surface area (Å²) in [7, 11) is -3.67. The van der Waals surface area contributed by atoms with E-state index in [4.69, 9.17) is 16.3 Å². The predicted octanol–water partition coefficient (Wildman–Crippen LogP) is 4.79. The van der Waals surface area contributed by atoms with Crippen LogP contribution in [-0.2, 0) is 10.0 Å². The zero-order valence-corrected chi connectivity index (χ0v) is 19.5. The zero-order valence-electron chi connectivity index (χ0n) is 17.9. The van der Waals surface area contributed by atoms with Gasteiger partial charge in [-0.25, -0.2) is 8.42 Å². The van der Waals surface area contributed by atoms with Crippen molar-refractivity contribution in [2.24, 2.45) is 0 Å². The maximum atomic E-state index is 13.1. The molecule has 0 saturated carbocycles. The fourth-order valence-electron chi connectivity index (χ4n) is 3.65. The fraction of sp³-hybridized carbons (Fsp3) is 0.435. The van der Waals surface area contributed by atoms with Crippen molar-refractivity contribution in [1.82, 2.24) is 9.62 Å². The van der Waals surface area contributed by atoms with Crippen molar-refractivity contribution < 1.29 is 17.9 Å². The Hall–Kier alpha value is -2.09. The number of halogens is 1. The number of hydrogen-bond donors (Lipinski definition) is 1. The summed E-state index contributed by atoms with van der Waals surface area (Å²) in [5.41, 5.74) is 1.05. The molecule has 0 aromatic heterocycles. The van der Waals surface area contributed by atoms with Gasteiger partial charge >= 0.3 is 0 Å². The third-order valence-electron chi connectivity index (χ3n) is 5.42. The van der Waals surface area contributed by atoms with Crippen LogP contribution in [0.25, 0.3) is 0 Å². The van der Waals surface area contributed by atoms with Crippen molar-refractivity contribution in [3.63, 3.8) is 0 Å². The normalized spacial score (nSPS) is 16.4. The Morgan fingerprint density at radius 3 is 2.35 bits per heavy atom. The van der Waals surface area contributed by atoms with Crippen LogP contribution < -0.4 is 10.1 Å². The number of ether oxygens (including phenoxy) is 1. The smallest absolute Gasteiger partial charge is 0.253 e. The van der Waals surface area contributed by atoms with Crippen LogP contribution in [0.5, 0.6) is 5.75 Å². The first-order chi connectivity index (χ1) is 14.8. The molecule has 0 spiro atoms. The van der Waals surface area contributed by atoms with Crippen LogP contribution in [0.1, 0.15) is 61.5 Å². The molecule has 1 aliphatic heterocycles. The van der Waals surface area contributed by atoms with Crippen LogP contribution in [0.3, 0.4) is 0 Å². The molecular formula is C23H29ClN2O4S. The van der Waals surface area contributed by atoms with Crippen LogP contribution in [-0.4, -0.2) is 38.3 Å². The first-order valence-electron chi connectivity index (χ1n) is 10.7. The molecule has 3 rings (SSSR count). The topological polar surface area (TPSA) is 75.7 Å².